The molecule has 2 nitrogen and oxygen atoms in total. The summed E-state index contributed by atoms with van der Waals surface area (Å²) in [5, 5.41) is 8.59. The highest BCUT2D eigenvalue weighted by Gasteiger charge is 1.98. The van der Waals surface area contributed by atoms with Crippen molar-refractivity contribution in [3.05, 3.63) is 24.0 Å². The molecule has 0 aromatic carbocycles. The van der Waals surface area contributed by atoms with Gasteiger partial charge in [0.05, 0.1) is 0 Å². The van der Waals surface area contributed by atoms with E-state index < -0.39 is 0 Å². The zero-order valence-electron chi connectivity index (χ0n) is 8.74. The molecule has 1 N–H and O–H groups in total. The Hall–Kier alpha value is -0.760. The van der Waals surface area contributed by atoms with E-state index >= 15 is 0 Å². The Bertz CT molecular complexity index is 194. The smallest absolute Gasteiger partial charge is 0.142 e. The Morgan fingerprint density at radius 3 is 2.50 bits per heavy atom. The predicted molar refractivity (Wildman–Crippen MR) is 57.9 cm³/mol. The first kappa shape index (κ1) is 11.3. The van der Waals surface area contributed by atoms with Crippen molar-refractivity contribution < 1.29 is 10.1 Å². The van der Waals surface area contributed by atoms with Gasteiger partial charge in [-0.2, -0.15) is 0 Å². The summed E-state index contributed by atoms with van der Waals surface area (Å²) < 4.78 is 0. The van der Waals surface area contributed by atoms with Gasteiger partial charge in [0, 0.05) is 6.42 Å². The summed E-state index contributed by atoms with van der Waals surface area (Å²) in [5.74, 6) is 0.682. The van der Waals surface area contributed by atoms with Gasteiger partial charge in [-0.1, -0.05) is 37.8 Å². The molecule has 0 amide bonds. The first-order valence-electron chi connectivity index (χ1n) is 5.60. The van der Waals surface area contributed by atoms with Crippen LogP contribution in [-0.2, 0) is 4.89 Å². The molecule has 0 unspecified atom stereocenters. The molecule has 0 heterocycles. The van der Waals surface area contributed by atoms with Gasteiger partial charge < -0.3 is 4.89 Å². The lowest BCUT2D eigenvalue weighted by molar-refractivity contribution is -0.205. The van der Waals surface area contributed by atoms with Crippen LogP contribution in [0.5, 0.6) is 0 Å². The van der Waals surface area contributed by atoms with Crippen molar-refractivity contribution in [1.82, 2.24) is 0 Å². The van der Waals surface area contributed by atoms with Crippen molar-refractivity contribution in [2.45, 2.75) is 51.4 Å². The third-order valence-corrected chi connectivity index (χ3v) is 2.58. The van der Waals surface area contributed by atoms with E-state index in [-0.39, 0.29) is 0 Å². The van der Waals surface area contributed by atoms with E-state index in [1.54, 1.807) is 0 Å². The van der Waals surface area contributed by atoms with Gasteiger partial charge in [0.2, 0.25) is 0 Å². The molecule has 0 saturated heterocycles. The van der Waals surface area contributed by atoms with E-state index in [1.807, 2.05) is 12.2 Å². The average molecular weight is 196 g/mol. The topological polar surface area (TPSA) is 29.5 Å². The van der Waals surface area contributed by atoms with Crippen LogP contribution in [0.1, 0.15) is 51.4 Å². The van der Waals surface area contributed by atoms with Crippen LogP contribution in [-0.4, -0.2) is 5.26 Å². The van der Waals surface area contributed by atoms with Crippen molar-refractivity contribution >= 4 is 0 Å². The average Bonchev–Trinajstić information content (AvgIpc) is 2.19. The zero-order chi connectivity index (χ0) is 10.1. The van der Waals surface area contributed by atoms with E-state index in [1.165, 1.54) is 32.1 Å². The summed E-state index contributed by atoms with van der Waals surface area (Å²) in [7, 11) is 0. The molecule has 80 valence electrons. The highest BCUT2D eigenvalue weighted by Crippen LogP contribution is 2.14. The van der Waals surface area contributed by atoms with Gasteiger partial charge in [0.15, 0.2) is 0 Å². The molecule has 0 radical (unpaired) electrons. The van der Waals surface area contributed by atoms with Crippen LogP contribution >= 0.6 is 0 Å². The maximum absolute atomic E-state index is 8.59. The van der Waals surface area contributed by atoms with Crippen LogP contribution in [0, 0.1) is 0 Å². The third kappa shape index (κ3) is 5.07. The first-order valence-corrected chi connectivity index (χ1v) is 5.60. The molecule has 2 heteroatoms. The Labute approximate surface area is 86.2 Å². The van der Waals surface area contributed by atoms with Gasteiger partial charge in [-0.25, -0.2) is 5.26 Å². The summed E-state index contributed by atoms with van der Waals surface area (Å²) in [6, 6.07) is 0. The monoisotopic (exact) mass is 196 g/mol. The molecule has 0 aromatic heterocycles. The molecule has 1 aliphatic rings. The van der Waals surface area contributed by atoms with Crippen LogP contribution in [0.3, 0.4) is 0 Å². The van der Waals surface area contributed by atoms with E-state index in [9.17, 15) is 0 Å². The molecular formula is C12H20O2. The lowest BCUT2D eigenvalue weighted by Gasteiger charge is -2.04. The van der Waals surface area contributed by atoms with Crippen molar-refractivity contribution in [2.24, 2.45) is 0 Å². The quantitative estimate of drug-likeness (QED) is 0.506. The third-order valence-electron chi connectivity index (χ3n) is 2.58. The molecule has 0 aliphatic heterocycles. The fraction of sp³-hybridized carbons (Fsp3) is 0.667. The minimum atomic E-state index is 0.682. The molecule has 1 rings (SSSR count). The highest BCUT2D eigenvalue weighted by molar-refractivity contribution is 5.07. The van der Waals surface area contributed by atoms with Crippen LogP contribution in [0.4, 0.5) is 0 Å². The predicted octanol–water partition coefficient (Wildman–Crippen LogP) is 4.05. The number of hydrogen-bond acceptors (Lipinski definition) is 2. The SMILES string of the molecule is OO/C1=C/C=C\CCCCCCCC1. The van der Waals surface area contributed by atoms with Crippen molar-refractivity contribution in [1.29, 1.82) is 0 Å². The van der Waals surface area contributed by atoms with E-state index in [4.69, 9.17) is 5.26 Å². The van der Waals surface area contributed by atoms with E-state index in [0.29, 0.717) is 5.76 Å². The molecule has 14 heavy (non-hydrogen) atoms. The van der Waals surface area contributed by atoms with Gasteiger partial charge >= 0.3 is 0 Å². The number of hydrogen-bond donors (Lipinski definition) is 1. The van der Waals surface area contributed by atoms with Crippen LogP contribution in [0.2, 0.25) is 0 Å². The van der Waals surface area contributed by atoms with Gasteiger partial charge in [-0.05, 0) is 25.3 Å². The van der Waals surface area contributed by atoms with E-state index in [0.717, 1.165) is 19.3 Å². The molecule has 0 bridgehead atoms. The standard InChI is InChI=1S/C12H20O2/c13-14-12-10-8-6-4-2-1-3-5-7-9-11-12/h6,8,10,13H,1-5,7,9,11H2/b8-6-,12-10+. The van der Waals surface area contributed by atoms with Crippen molar-refractivity contribution in [3.63, 3.8) is 0 Å². The summed E-state index contributed by atoms with van der Waals surface area (Å²) in [4.78, 5) is 4.30. The first-order chi connectivity index (χ1) is 6.93. The lowest BCUT2D eigenvalue weighted by atomic mass is 10.1. The summed E-state index contributed by atoms with van der Waals surface area (Å²) >= 11 is 0. The fourth-order valence-electron chi connectivity index (χ4n) is 1.70. The Kier molecular flexibility index (Phi) is 6.16. The Balaban J connectivity index is 2.40. The number of allylic oxidation sites excluding steroid dienone is 4. The van der Waals surface area contributed by atoms with E-state index in [2.05, 4.69) is 11.0 Å². The minimum Gasteiger partial charge on any atom is -0.345 e. The summed E-state index contributed by atoms with van der Waals surface area (Å²) in [6.45, 7) is 0. The largest absolute Gasteiger partial charge is 0.345 e. The summed E-state index contributed by atoms with van der Waals surface area (Å²) in [6.07, 6.45) is 15.6. The second-order valence-electron chi connectivity index (χ2n) is 3.81. The van der Waals surface area contributed by atoms with Crippen LogP contribution in [0.15, 0.2) is 24.0 Å². The molecule has 1 aliphatic carbocycles. The fourth-order valence-corrected chi connectivity index (χ4v) is 1.70. The second kappa shape index (κ2) is 7.63. The van der Waals surface area contributed by atoms with Gasteiger partial charge in [-0.15, -0.1) is 0 Å². The van der Waals surface area contributed by atoms with Crippen molar-refractivity contribution in [2.75, 3.05) is 0 Å². The molecule has 0 atom stereocenters. The normalized spacial score (nSPS) is 26.5. The second-order valence-corrected chi connectivity index (χ2v) is 3.81. The molecule has 0 spiro atoms. The lowest BCUT2D eigenvalue weighted by Crippen LogP contribution is -1.89. The molecular weight excluding hydrogens is 176 g/mol. The van der Waals surface area contributed by atoms with Crippen LogP contribution < -0.4 is 0 Å². The van der Waals surface area contributed by atoms with Gasteiger partial charge in [-0.3, -0.25) is 0 Å². The Morgan fingerprint density at radius 1 is 1.00 bits per heavy atom. The maximum atomic E-state index is 8.59. The van der Waals surface area contributed by atoms with Crippen LogP contribution in [0.25, 0.3) is 0 Å². The zero-order valence-corrected chi connectivity index (χ0v) is 8.74. The number of rotatable bonds is 1. The summed E-state index contributed by atoms with van der Waals surface area (Å²) in [5.41, 5.74) is 0. The Morgan fingerprint density at radius 2 is 1.71 bits per heavy atom. The highest BCUT2D eigenvalue weighted by atomic mass is 17.1. The molecule has 0 saturated carbocycles. The van der Waals surface area contributed by atoms with Gasteiger partial charge in [0.25, 0.3) is 0 Å². The molecule has 0 fully saturated rings. The molecule has 0 aromatic rings. The maximum Gasteiger partial charge on any atom is 0.142 e. The van der Waals surface area contributed by atoms with Crippen molar-refractivity contribution in [3.8, 4) is 0 Å². The minimum absolute atomic E-state index is 0.682. The van der Waals surface area contributed by atoms with Gasteiger partial charge in [0.1, 0.15) is 5.76 Å².